The summed E-state index contributed by atoms with van der Waals surface area (Å²) in [7, 11) is 0. The molecule has 0 saturated carbocycles. The second-order valence-electron chi connectivity index (χ2n) is 8.77. The average Bonchev–Trinajstić information content (AvgIpc) is 3.57. The zero-order valence-corrected chi connectivity index (χ0v) is 20.5. The number of rotatable bonds is 9. The molecule has 0 spiro atoms. The number of nitrogen functional groups attached to an aromatic ring is 1. The summed E-state index contributed by atoms with van der Waals surface area (Å²) < 4.78 is 40.6. The number of hydrogen-bond donors (Lipinski definition) is 3. The lowest BCUT2D eigenvalue weighted by molar-refractivity contribution is -0.144. The number of ether oxygens (including phenoxy) is 1. The van der Waals surface area contributed by atoms with Crippen LogP contribution in [0.1, 0.15) is 6.92 Å². The Bertz CT molecular complexity index is 1440. The molecule has 38 heavy (non-hydrogen) atoms. The highest BCUT2D eigenvalue weighted by Crippen LogP contribution is 2.30. The number of furan rings is 1. The number of carboxylic acids is 1. The molecule has 5 rings (SSSR count). The number of piperazine rings is 1. The first-order valence-corrected chi connectivity index (χ1v) is 12.0. The Hall–Kier alpha value is -4.46. The zero-order chi connectivity index (χ0) is 26.8. The SMILES string of the molecule is C[C@@H](Oc1cc(N2CCN(CCNc3nc(N)n4nc(-c5ccco5)cc4n3)CC2)c(F)cc1F)C(=O)O. The molecule has 0 radical (unpaired) electrons. The highest BCUT2D eigenvalue weighted by molar-refractivity contribution is 5.72. The van der Waals surface area contributed by atoms with Crippen LogP contribution in [0.3, 0.4) is 0 Å². The first-order valence-electron chi connectivity index (χ1n) is 12.0. The van der Waals surface area contributed by atoms with Crippen molar-refractivity contribution < 1.29 is 27.8 Å². The Morgan fingerprint density at radius 1 is 1.21 bits per heavy atom. The van der Waals surface area contributed by atoms with Gasteiger partial charge in [0.1, 0.15) is 11.5 Å². The molecule has 4 aromatic rings. The largest absolute Gasteiger partial charge is 0.479 e. The number of fused-ring (bicyclic) bond motifs is 1. The normalized spacial score (nSPS) is 15.1. The van der Waals surface area contributed by atoms with Crippen LogP contribution in [0.4, 0.5) is 26.4 Å². The molecule has 1 fully saturated rings. The van der Waals surface area contributed by atoms with E-state index in [2.05, 4.69) is 25.3 Å². The fraction of sp³-hybridized carbons (Fsp3) is 0.333. The van der Waals surface area contributed by atoms with Gasteiger partial charge in [0, 0.05) is 57.5 Å². The van der Waals surface area contributed by atoms with Gasteiger partial charge < -0.3 is 30.2 Å². The molecule has 12 nitrogen and oxygen atoms in total. The summed E-state index contributed by atoms with van der Waals surface area (Å²) in [5.41, 5.74) is 7.35. The minimum absolute atomic E-state index is 0.170. The Morgan fingerprint density at radius 3 is 2.71 bits per heavy atom. The summed E-state index contributed by atoms with van der Waals surface area (Å²) in [5, 5.41) is 16.6. The predicted octanol–water partition coefficient (Wildman–Crippen LogP) is 2.33. The van der Waals surface area contributed by atoms with Gasteiger partial charge in [-0.1, -0.05) is 0 Å². The van der Waals surface area contributed by atoms with E-state index in [1.54, 1.807) is 29.4 Å². The van der Waals surface area contributed by atoms with Crippen LogP contribution < -0.4 is 20.7 Å². The number of hydrogen-bond acceptors (Lipinski definition) is 10. The molecule has 1 aliphatic rings. The van der Waals surface area contributed by atoms with Crippen LogP contribution in [-0.2, 0) is 4.79 Å². The first kappa shape index (κ1) is 25.2. The molecule has 4 heterocycles. The minimum Gasteiger partial charge on any atom is -0.479 e. The Labute approximate surface area is 215 Å². The quantitative estimate of drug-likeness (QED) is 0.294. The van der Waals surface area contributed by atoms with Crippen molar-refractivity contribution in [2.45, 2.75) is 13.0 Å². The maximum atomic E-state index is 14.5. The number of benzene rings is 1. The molecule has 0 amide bonds. The molecule has 200 valence electrons. The van der Waals surface area contributed by atoms with Crippen LogP contribution in [0.25, 0.3) is 17.1 Å². The van der Waals surface area contributed by atoms with Crippen molar-refractivity contribution in [3.8, 4) is 17.2 Å². The van der Waals surface area contributed by atoms with E-state index in [-0.39, 0.29) is 17.4 Å². The van der Waals surface area contributed by atoms with Crippen molar-refractivity contribution in [3.05, 3.63) is 48.2 Å². The Morgan fingerprint density at radius 2 is 2.00 bits per heavy atom. The van der Waals surface area contributed by atoms with Gasteiger partial charge in [-0.2, -0.15) is 19.6 Å². The molecular formula is C24H26F2N8O4. The molecule has 1 aliphatic heterocycles. The third-order valence-electron chi connectivity index (χ3n) is 6.20. The van der Waals surface area contributed by atoms with Crippen molar-refractivity contribution in [3.63, 3.8) is 0 Å². The Balaban J connectivity index is 1.16. The van der Waals surface area contributed by atoms with Crippen molar-refractivity contribution in [1.82, 2.24) is 24.5 Å². The summed E-state index contributed by atoms with van der Waals surface area (Å²) in [5.74, 6) is -2.06. The minimum atomic E-state index is -1.26. The second kappa shape index (κ2) is 10.5. The van der Waals surface area contributed by atoms with Gasteiger partial charge in [0.25, 0.3) is 0 Å². The molecule has 0 unspecified atom stereocenters. The van der Waals surface area contributed by atoms with E-state index >= 15 is 0 Å². The maximum Gasteiger partial charge on any atom is 0.344 e. The lowest BCUT2D eigenvalue weighted by Gasteiger charge is -2.36. The van der Waals surface area contributed by atoms with E-state index in [0.29, 0.717) is 62.3 Å². The fourth-order valence-corrected chi connectivity index (χ4v) is 4.16. The van der Waals surface area contributed by atoms with E-state index < -0.39 is 23.7 Å². The van der Waals surface area contributed by atoms with Crippen LogP contribution in [0.5, 0.6) is 5.75 Å². The number of nitrogens with zero attached hydrogens (tertiary/aromatic N) is 6. The summed E-state index contributed by atoms with van der Waals surface area (Å²) in [6, 6.07) is 7.26. The van der Waals surface area contributed by atoms with Crippen LogP contribution >= 0.6 is 0 Å². The Kier molecular flexibility index (Phi) is 6.96. The van der Waals surface area contributed by atoms with Crippen LogP contribution in [0.2, 0.25) is 0 Å². The fourth-order valence-electron chi connectivity index (χ4n) is 4.16. The molecule has 4 N–H and O–H groups in total. The maximum absolute atomic E-state index is 14.5. The number of carboxylic acid groups (broad SMARTS) is 1. The third-order valence-corrected chi connectivity index (χ3v) is 6.20. The molecular weight excluding hydrogens is 502 g/mol. The van der Waals surface area contributed by atoms with Crippen molar-refractivity contribution in [1.29, 1.82) is 0 Å². The van der Waals surface area contributed by atoms with E-state index in [4.69, 9.17) is 20.0 Å². The summed E-state index contributed by atoms with van der Waals surface area (Å²) >= 11 is 0. The van der Waals surface area contributed by atoms with E-state index in [0.717, 1.165) is 6.07 Å². The van der Waals surface area contributed by atoms with Crippen LogP contribution in [0.15, 0.2) is 41.0 Å². The van der Waals surface area contributed by atoms with E-state index in [1.165, 1.54) is 17.5 Å². The van der Waals surface area contributed by atoms with Gasteiger partial charge in [-0.15, -0.1) is 0 Å². The van der Waals surface area contributed by atoms with E-state index in [1.807, 2.05) is 0 Å². The smallest absolute Gasteiger partial charge is 0.344 e. The highest BCUT2D eigenvalue weighted by atomic mass is 19.1. The van der Waals surface area contributed by atoms with Gasteiger partial charge in [-0.05, 0) is 19.1 Å². The molecule has 14 heteroatoms. The monoisotopic (exact) mass is 528 g/mol. The summed E-state index contributed by atoms with van der Waals surface area (Å²) in [6.07, 6.45) is 0.297. The molecule has 1 aromatic carbocycles. The van der Waals surface area contributed by atoms with Crippen molar-refractivity contribution in [2.75, 3.05) is 55.2 Å². The predicted molar refractivity (Wildman–Crippen MR) is 134 cm³/mol. The van der Waals surface area contributed by atoms with Gasteiger partial charge in [-0.3, -0.25) is 4.90 Å². The van der Waals surface area contributed by atoms with Gasteiger partial charge in [0.05, 0.1) is 12.0 Å². The third kappa shape index (κ3) is 5.29. The summed E-state index contributed by atoms with van der Waals surface area (Å²) in [4.78, 5) is 23.7. The molecule has 3 aromatic heterocycles. The number of anilines is 3. The van der Waals surface area contributed by atoms with Gasteiger partial charge in [0.2, 0.25) is 11.9 Å². The van der Waals surface area contributed by atoms with Crippen molar-refractivity contribution in [2.24, 2.45) is 0 Å². The standard InChI is InChI=1S/C24H26F2N8O4/c1-14(22(35)36)38-20-13-18(15(25)11-16(20)26)33-8-6-32(7-9-33)5-4-28-24-29-21-12-17(19-3-2-10-37-19)31-34(21)23(27)30-24/h2-3,10-14H,4-9H2,1H3,(H,35,36)(H3,27,28,29,30)/t14-/m1/s1. The number of carbonyl (C=O) groups is 1. The van der Waals surface area contributed by atoms with Gasteiger partial charge in [-0.25, -0.2) is 13.6 Å². The highest BCUT2D eigenvalue weighted by Gasteiger charge is 2.23. The lowest BCUT2D eigenvalue weighted by atomic mass is 10.2. The van der Waals surface area contributed by atoms with E-state index in [9.17, 15) is 13.6 Å². The number of aliphatic carboxylic acids is 1. The number of halogens is 2. The van der Waals surface area contributed by atoms with Crippen LogP contribution in [0, 0.1) is 11.6 Å². The lowest BCUT2D eigenvalue weighted by Crippen LogP contribution is -2.48. The summed E-state index contributed by atoms with van der Waals surface area (Å²) in [6.45, 7) is 4.77. The number of nitrogens with one attached hydrogen (secondary N) is 1. The zero-order valence-electron chi connectivity index (χ0n) is 20.5. The molecule has 1 saturated heterocycles. The second-order valence-corrected chi connectivity index (χ2v) is 8.77. The number of nitrogens with two attached hydrogens (primary N) is 1. The number of aromatic nitrogens is 4. The molecule has 0 bridgehead atoms. The van der Waals surface area contributed by atoms with Crippen LogP contribution in [-0.4, -0.2) is 80.9 Å². The van der Waals surface area contributed by atoms with Gasteiger partial charge >= 0.3 is 5.97 Å². The molecule has 1 atom stereocenters. The first-order chi connectivity index (χ1) is 18.3. The van der Waals surface area contributed by atoms with Gasteiger partial charge in [0.15, 0.2) is 29.1 Å². The van der Waals surface area contributed by atoms with Crippen molar-refractivity contribution >= 4 is 29.2 Å². The topological polar surface area (TPSA) is 147 Å². The average molecular weight is 529 g/mol. The molecule has 0 aliphatic carbocycles.